The molecule has 0 aliphatic carbocycles. The molecule has 0 saturated carbocycles. The highest BCUT2D eigenvalue weighted by Gasteiger charge is 2.24. The van der Waals surface area contributed by atoms with Crippen LogP contribution in [0.2, 0.25) is 0 Å². The number of ether oxygens (including phenoxy) is 2. The van der Waals surface area contributed by atoms with Gasteiger partial charge in [-0.05, 0) is 41.8 Å². The third kappa shape index (κ3) is 4.27. The number of thiophene rings is 1. The number of rotatable bonds is 6. The van der Waals surface area contributed by atoms with Crippen LogP contribution in [0.25, 0.3) is 0 Å². The number of carbonyl (C=O) groups is 3. The number of aryl methyl sites for hydroxylation is 1. The molecule has 0 radical (unpaired) electrons. The van der Waals surface area contributed by atoms with Gasteiger partial charge in [-0.2, -0.15) is 11.3 Å². The zero-order valence-electron chi connectivity index (χ0n) is 14.5. The minimum absolute atomic E-state index is 0.145. The van der Waals surface area contributed by atoms with Gasteiger partial charge in [-0.1, -0.05) is 0 Å². The fraction of sp³-hybridized carbons (Fsp3) is 0.353. The Morgan fingerprint density at radius 1 is 1.24 bits per heavy atom. The topological polar surface area (TPSA) is 88.7 Å². The molecule has 2 rings (SSSR count). The molecule has 0 spiro atoms. The van der Waals surface area contributed by atoms with E-state index in [9.17, 15) is 14.4 Å². The summed E-state index contributed by atoms with van der Waals surface area (Å²) in [4.78, 5) is 40.3. The largest absolute Gasteiger partial charge is 0.465 e. The second kappa shape index (κ2) is 7.98. The van der Waals surface area contributed by atoms with Gasteiger partial charge in [-0.25, -0.2) is 9.59 Å². The molecule has 7 nitrogen and oxygen atoms in total. The van der Waals surface area contributed by atoms with E-state index in [1.54, 1.807) is 32.2 Å². The first kappa shape index (κ1) is 18.7. The van der Waals surface area contributed by atoms with Crippen LogP contribution in [0.15, 0.2) is 16.8 Å². The molecular weight excluding hydrogens is 344 g/mol. The van der Waals surface area contributed by atoms with Crippen LogP contribution in [0.5, 0.6) is 0 Å². The number of carbonyl (C=O) groups excluding carboxylic acids is 3. The lowest BCUT2D eigenvalue weighted by Crippen LogP contribution is -2.30. The second-order valence-electron chi connectivity index (χ2n) is 5.57. The molecule has 0 bridgehead atoms. The van der Waals surface area contributed by atoms with Crippen molar-refractivity contribution in [1.82, 2.24) is 9.88 Å². The normalized spacial score (nSPS) is 10.4. The van der Waals surface area contributed by atoms with Crippen molar-refractivity contribution in [1.29, 1.82) is 0 Å². The molecular formula is C17H20N2O5S. The van der Waals surface area contributed by atoms with Crippen LogP contribution in [-0.2, 0) is 20.8 Å². The van der Waals surface area contributed by atoms with Gasteiger partial charge in [0.05, 0.1) is 12.7 Å². The van der Waals surface area contributed by atoms with Gasteiger partial charge >= 0.3 is 11.9 Å². The monoisotopic (exact) mass is 364 g/mol. The first-order valence-electron chi connectivity index (χ1n) is 7.54. The molecule has 0 fully saturated rings. The van der Waals surface area contributed by atoms with Crippen molar-refractivity contribution in [3.63, 3.8) is 0 Å². The number of aromatic amines is 1. The fourth-order valence-corrected chi connectivity index (χ4v) is 3.08. The van der Waals surface area contributed by atoms with Gasteiger partial charge < -0.3 is 19.4 Å². The first-order valence-corrected chi connectivity index (χ1v) is 8.49. The van der Waals surface area contributed by atoms with Crippen LogP contribution in [-0.4, -0.2) is 48.5 Å². The molecule has 0 saturated heterocycles. The minimum atomic E-state index is -0.687. The maximum absolute atomic E-state index is 12.2. The Labute approximate surface area is 149 Å². The number of hydrogen-bond donors (Lipinski definition) is 1. The third-order valence-electron chi connectivity index (χ3n) is 3.78. The predicted molar refractivity (Wildman–Crippen MR) is 92.7 cm³/mol. The van der Waals surface area contributed by atoms with E-state index in [-0.39, 0.29) is 18.2 Å². The first-order chi connectivity index (χ1) is 11.8. The lowest BCUT2D eigenvalue weighted by atomic mass is 10.1. The molecule has 0 atom stereocenters. The molecule has 0 aliphatic heterocycles. The second-order valence-corrected chi connectivity index (χ2v) is 6.35. The minimum Gasteiger partial charge on any atom is -0.465 e. The highest BCUT2D eigenvalue weighted by molar-refractivity contribution is 7.07. The number of nitrogens with zero attached hydrogens (tertiary/aromatic N) is 1. The van der Waals surface area contributed by atoms with E-state index in [0.29, 0.717) is 23.4 Å². The molecule has 0 aromatic carbocycles. The standard InChI is InChI=1S/C17H20N2O5S/c1-10-14(16(21)23-4)11(2)18-15(10)17(22)24-8-13(20)19(3)7-12-5-6-25-9-12/h5-6,9,18H,7-8H2,1-4H3. The molecule has 1 N–H and O–H groups in total. The molecule has 2 aromatic heterocycles. The third-order valence-corrected chi connectivity index (χ3v) is 4.52. The zero-order valence-corrected chi connectivity index (χ0v) is 15.4. The van der Waals surface area contributed by atoms with Crippen LogP contribution < -0.4 is 0 Å². The van der Waals surface area contributed by atoms with E-state index in [2.05, 4.69) is 4.98 Å². The Kier molecular flexibility index (Phi) is 5.97. The summed E-state index contributed by atoms with van der Waals surface area (Å²) < 4.78 is 9.78. The summed E-state index contributed by atoms with van der Waals surface area (Å²) in [6.07, 6.45) is 0. The van der Waals surface area contributed by atoms with E-state index >= 15 is 0 Å². The van der Waals surface area contributed by atoms with E-state index < -0.39 is 11.9 Å². The number of methoxy groups -OCH3 is 1. The molecule has 1 amide bonds. The Balaban J connectivity index is 1.98. The SMILES string of the molecule is COC(=O)c1c(C)[nH]c(C(=O)OCC(=O)N(C)Cc2ccsc2)c1C. The lowest BCUT2D eigenvalue weighted by molar-refractivity contribution is -0.133. The Hall–Kier alpha value is -2.61. The molecule has 0 unspecified atom stereocenters. The maximum Gasteiger partial charge on any atom is 0.355 e. The van der Waals surface area contributed by atoms with Gasteiger partial charge in [0.15, 0.2) is 6.61 Å². The van der Waals surface area contributed by atoms with Crippen LogP contribution in [0.1, 0.15) is 37.7 Å². The summed E-state index contributed by atoms with van der Waals surface area (Å²) >= 11 is 1.55. The van der Waals surface area contributed by atoms with Crippen molar-refractivity contribution >= 4 is 29.2 Å². The van der Waals surface area contributed by atoms with Gasteiger partial charge in [0.2, 0.25) is 0 Å². The van der Waals surface area contributed by atoms with Gasteiger partial charge in [0.25, 0.3) is 5.91 Å². The summed E-state index contributed by atoms with van der Waals surface area (Å²) in [5, 5.41) is 3.89. The predicted octanol–water partition coefficient (Wildman–Crippen LogP) is 2.30. The summed E-state index contributed by atoms with van der Waals surface area (Å²) in [6, 6.07) is 1.93. The Morgan fingerprint density at radius 3 is 2.56 bits per heavy atom. The number of aromatic nitrogens is 1. The highest BCUT2D eigenvalue weighted by atomic mass is 32.1. The van der Waals surface area contributed by atoms with Crippen molar-refractivity contribution in [2.45, 2.75) is 20.4 Å². The number of hydrogen-bond acceptors (Lipinski definition) is 6. The smallest absolute Gasteiger partial charge is 0.355 e. The Bertz CT molecular complexity index is 779. The number of esters is 2. The summed E-state index contributed by atoms with van der Waals surface area (Å²) in [7, 11) is 2.92. The average molecular weight is 364 g/mol. The van der Waals surface area contributed by atoms with Crippen LogP contribution in [0.3, 0.4) is 0 Å². The Morgan fingerprint density at radius 2 is 1.96 bits per heavy atom. The van der Waals surface area contributed by atoms with Crippen LogP contribution >= 0.6 is 11.3 Å². The molecule has 134 valence electrons. The van der Waals surface area contributed by atoms with Crippen molar-refractivity contribution in [2.24, 2.45) is 0 Å². The summed E-state index contributed by atoms with van der Waals surface area (Å²) in [5.41, 5.74) is 2.41. The van der Waals surface area contributed by atoms with E-state index in [4.69, 9.17) is 9.47 Å². The molecule has 2 heterocycles. The quantitative estimate of drug-likeness (QED) is 0.795. The van der Waals surface area contributed by atoms with Gasteiger partial charge in [-0.15, -0.1) is 0 Å². The fourth-order valence-electron chi connectivity index (χ4n) is 2.42. The van der Waals surface area contributed by atoms with Crippen molar-refractivity contribution < 1.29 is 23.9 Å². The number of H-pyrrole nitrogens is 1. The number of nitrogens with one attached hydrogen (secondary N) is 1. The lowest BCUT2D eigenvalue weighted by Gasteiger charge is -2.16. The van der Waals surface area contributed by atoms with Crippen molar-refractivity contribution in [3.05, 3.63) is 44.9 Å². The zero-order chi connectivity index (χ0) is 18.6. The summed E-state index contributed by atoms with van der Waals surface area (Å²) in [6.45, 7) is 3.37. The molecule has 2 aromatic rings. The summed E-state index contributed by atoms with van der Waals surface area (Å²) in [5.74, 6) is -1.53. The van der Waals surface area contributed by atoms with E-state index in [1.165, 1.54) is 12.0 Å². The van der Waals surface area contributed by atoms with E-state index in [0.717, 1.165) is 5.56 Å². The van der Waals surface area contributed by atoms with Crippen molar-refractivity contribution in [2.75, 3.05) is 20.8 Å². The highest BCUT2D eigenvalue weighted by Crippen LogP contribution is 2.19. The average Bonchev–Trinajstić information content (AvgIpc) is 3.19. The van der Waals surface area contributed by atoms with Gasteiger partial charge in [0, 0.05) is 19.3 Å². The van der Waals surface area contributed by atoms with Gasteiger partial charge in [-0.3, -0.25) is 4.79 Å². The number of likely N-dealkylation sites (N-methyl/N-ethyl adjacent to an activating group) is 1. The van der Waals surface area contributed by atoms with E-state index in [1.807, 2.05) is 16.8 Å². The van der Waals surface area contributed by atoms with Crippen LogP contribution in [0.4, 0.5) is 0 Å². The van der Waals surface area contributed by atoms with Crippen LogP contribution in [0, 0.1) is 13.8 Å². The molecule has 25 heavy (non-hydrogen) atoms. The van der Waals surface area contributed by atoms with Crippen molar-refractivity contribution in [3.8, 4) is 0 Å². The van der Waals surface area contributed by atoms with Gasteiger partial charge in [0.1, 0.15) is 5.69 Å². The molecule has 0 aliphatic rings. The maximum atomic E-state index is 12.2. The number of amides is 1. The molecule has 8 heteroatoms.